The molecule has 0 bridgehead atoms. The van der Waals surface area contributed by atoms with Crippen molar-refractivity contribution in [1.29, 1.82) is 0 Å². The largest absolute Gasteiger partial charge is 0.457 e. The minimum absolute atomic E-state index is 0.0185. The highest BCUT2D eigenvalue weighted by atomic mass is 35.5. The Morgan fingerprint density at radius 3 is 2.02 bits per heavy atom. The second-order valence-electron chi connectivity index (χ2n) is 11.0. The zero-order valence-electron chi connectivity index (χ0n) is 23.8. The van der Waals surface area contributed by atoms with Crippen LogP contribution in [0.1, 0.15) is 48.7 Å². The standard InChI is InChI=1S/C35H32ClNO5/c1-23(33(39)24-9-13-28(36)14-10-24)41-34(40)25-21-32(38)37(22-25)29-15-19-31(20-16-29)42-30-17-11-27(12-18-30)35(2,3)26-7-5-4-6-8-26/h4-20,23,25H,21-22H2,1-3H3/t23-,25+/m0/s1. The summed E-state index contributed by atoms with van der Waals surface area (Å²) in [6.45, 7) is 6.10. The number of ketones is 1. The van der Waals surface area contributed by atoms with Crippen LogP contribution in [0.5, 0.6) is 11.5 Å². The van der Waals surface area contributed by atoms with Crippen molar-refractivity contribution >= 4 is 34.9 Å². The Kier molecular flexibility index (Phi) is 8.46. The quantitative estimate of drug-likeness (QED) is 0.150. The molecule has 7 heteroatoms. The molecule has 0 unspecified atom stereocenters. The van der Waals surface area contributed by atoms with Gasteiger partial charge in [-0.2, -0.15) is 0 Å². The first-order valence-electron chi connectivity index (χ1n) is 13.9. The summed E-state index contributed by atoms with van der Waals surface area (Å²) in [6, 6.07) is 32.0. The Hall–Kier alpha value is -4.42. The van der Waals surface area contributed by atoms with Gasteiger partial charge in [0.2, 0.25) is 11.7 Å². The van der Waals surface area contributed by atoms with E-state index in [1.807, 2.05) is 30.3 Å². The minimum atomic E-state index is -0.974. The van der Waals surface area contributed by atoms with Crippen LogP contribution in [0, 0.1) is 5.92 Å². The number of hydrogen-bond acceptors (Lipinski definition) is 5. The molecule has 5 rings (SSSR count). The van der Waals surface area contributed by atoms with E-state index >= 15 is 0 Å². The second-order valence-corrected chi connectivity index (χ2v) is 11.4. The van der Waals surface area contributed by atoms with E-state index in [1.165, 1.54) is 18.1 Å². The first kappa shape index (κ1) is 29.1. The summed E-state index contributed by atoms with van der Waals surface area (Å²) in [5.41, 5.74) is 3.34. The zero-order chi connectivity index (χ0) is 29.9. The fraction of sp³-hybridized carbons (Fsp3) is 0.229. The average molecular weight is 582 g/mol. The van der Waals surface area contributed by atoms with Gasteiger partial charge in [-0.15, -0.1) is 0 Å². The first-order valence-corrected chi connectivity index (χ1v) is 14.2. The van der Waals surface area contributed by atoms with Crippen LogP contribution in [0.3, 0.4) is 0 Å². The highest BCUT2D eigenvalue weighted by Crippen LogP contribution is 2.34. The molecule has 1 heterocycles. The number of ether oxygens (including phenoxy) is 2. The lowest BCUT2D eigenvalue weighted by atomic mass is 9.78. The van der Waals surface area contributed by atoms with Crippen LogP contribution in [0.4, 0.5) is 5.69 Å². The maximum absolute atomic E-state index is 12.8. The van der Waals surface area contributed by atoms with Gasteiger partial charge in [-0.05, 0) is 78.7 Å². The van der Waals surface area contributed by atoms with Gasteiger partial charge >= 0.3 is 5.97 Å². The van der Waals surface area contributed by atoms with Crippen LogP contribution in [0.15, 0.2) is 103 Å². The first-order chi connectivity index (χ1) is 20.1. The minimum Gasteiger partial charge on any atom is -0.457 e. The summed E-state index contributed by atoms with van der Waals surface area (Å²) in [6.07, 6.45) is -0.956. The summed E-state index contributed by atoms with van der Waals surface area (Å²) in [5.74, 6) is -0.402. The fourth-order valence-corrected chi connectivity index (χ4v) is 5.21. The summed E-state index contributed by atoms with van der Waals surface area (Å²) in [5, 5.41) is 0.512. The molecule has 2 atom stereocenters. The molecular formula is C35H32ClNO5. The Bertz CT molecular complexity index is 1560. The molecule has 42 heavy (non-hydrogen) atoms. The number of amides is 1. The lowest BCUT2D eigenvalue weighted by Crippen LogP contribution is -2.30. The predicted octanol–water partition coefficient (Wildman–Crippen LogP) is 7.63. The number of Topliss-reactive ketones (excluding diaryl/α,β-unsaturated/α-hetero) is 1. The number of nitrogens with zero attached hydrogens (tertiary/aromatic N) is 1. The number of carbonyl (C=O) groups excluding carboxylic acids is 3. The van der Waals surface area contributed by atoms with Gasteiger partial charge in [-0.25, -0.2) is 0 Å². The lowest BCUT2D eigenvalue weighted by Gasteiger charge is -2.26. The van der Waals surface area contributed by atoms with Gasteiger partial charge in [0.05, 0.1) is 5.92 Å². The maximum Gasteiger partial charge on any atom is 0.312 e. The van der Waals surface area contributed by atoms with E-state index in [2.05, 4.69) is 38.1 Å². The molecule has 0 saturated carbocycles. The summed E-state index contributed by atoms with van der Waals surface area (Å²) in [7, 11) is 0. The molecule has 1 aliphatic rings. The molecule has 0 aromatic heterocycles. The molecular weight excluding hydrogens is 550 g/mol. The number of hydrogen-bond donors (Lipinski definition) is 0. The van der Waals surface area contributed by atoms with E-state index in [1.54, 1.807) is 53.4 Å². The van der Waals surface area contributed by atoms with Crippen molar-refractivity contribution in [2.75, 3.05) is 11.4 Å². The van der Waals surface area contributed by atoms with Gasteiger partial charge in [0, 0.05) is 34.7 Å². The van der Waals surface area contributed by atoms with Crippen molar-refractivity contribution in [2.45, 2.75) is 38.7 Å². The molecule has 1 fully saturated rings. The number of anilines is 1. The monoisotopic (exact) mass is 581 g/mol. The van der Waals surface area contributed by atoms with Crippen LogP contribution in [-0.4, -0.2) is 30.3 Å². The summed E-state index contributed by atoms with van der Waals surface area (Å²) >= 11 is 5.89. The van der Waals surface area contributed by atoms with Gasteiger partial charge in [0.15, 0.2) is 6.10 Å². The Balaban J connectivity index is 1.17. The highest BCUT2D eigenvalue weighted by molar-refractivity contribution is 6.30. The smallest absolute Gasteiger partial charge is 0.312 e. The molecule has 0 radical (unpaired) electrons. The fourth-order valence-electron chi connectivity index (χ4n) is 5.08. The number of benzene rings is 4. The molecule has 0 aliphatic carbocycles. The van der Waals surface area contributed by atoms with Crippen molar-refractivity contribution in [1.82, 2.24) is 0 Å². The SMILES string of the molecule is C[C@H](OC(=O)[C@@H]1CC(=O)N(c2ccc(Oc3ccc(C(C)(C)c4ccccc4)cc3)cc2)C1)C(=O)c1ccc(Cl)cc1. The van der Waals surface area contributed by atoms with Gasteiger partial charge in [-0.1, -0.05) is 67.9 Å². The van der Waals surface area contributed by atoms with E-state index in [9.17, 15) is 14.4 Å². The number of halogens is 1. The van der Waals surface area contributed by atoms with Crippen molar-refractivity contribution in [3.63, 3.8) is 0 Å². The number of carbonyl (C=O) groups is 3. The summed E-state index contributed by atoms with van der Waals surface area (Å²) in [4.78, 5) is 39.7. The van der Waals surface area contributed by atoms with E-state index in [4.69, 9.17) is 21.1 Å². The second kappa shape index (κ2) is 12.2. The number of rotatable bonds is 9. The maximum atomic E-state index is 12.8. The Labute approximate surface area is 250 Å². The number of esters is 1. The average Bonchev–Trinajstić information content (AvgIpc) is 3.40. The zero-order valence-corrected chi connectivity index (χ0v) is 24.5. The molecule has 1 amide bonds. The van der Waals surface area contributed by atoms with Gasteiger partial charge in [0.1, 0.15) is 11.5 Å². The molecule has 0 N–H and O–H groups in total. The van der Waals surface area contributed by atoms with Crippen LogP contribution in [-0.2, 0) is 19.7 Å². The van der Waals surface area contributed by atoms with Crippen LogP contribution in [0.25, 0.3) is 0 Å². The van der Waals surface area contributed by atoms with E-state index < -0.39 is 18.0 Å². The van der Waals surface area contributed by atoms with E-state index in [0.717, 1.165) is 0 Å². The topological polar surface area (TPSA) is 72.9 Å². The van der Waals surface area contributed by atoms with Gasteiger partial charge < -0.3 is 14.4 Å². The van der Waals surface area contributed by atoms with E-state index in [0.29, 0.717) is 27.8 Å². The highest BCUT2D eigenvalue weighted by Gasteiger charge is 2.37. The molecule has 214 valence electrons. The van der Waals surface area contributed by atoms with Crippen molar-refractivity contribution < 1.29 is 23.9 Å². The Morgan fingerprint density at radius 2 is 1.40 bits per heavy atom. The molecule has 4 aromatic carbocycles. The Morgan fingerprint density at radius 1 is 0.833 bits per heavy atom. The summed E-state index contributed by atoms with van der Waals surface area (Å²) < 4.78 is 11.5. The molecule has 1 aliphatic heterocycles. The third-order valence-corrected chi connectivity index (χ3v) is 7.96. The third kappa shape index (κ3) is 6.39. The predicted molar refractivity (Wildman–Crippen MR) is 163 cm³/mol. The van der Waals surface area contributed by atoms with Crippen molar-refractivity contribution in [3.05, 3.63) is 125 Å². The molecule has 1 saturated heterocycles. The molecule has 6 nitrogen and oxygen atoms in total. The lowest BCUT2D eigenvalue weighted by molar-refractivity contribution is -0.151. The van der Waals surface area contributed by atoms with Crippen LogP contribution >= 0.6 is 11.6 Å². The third-order valence-electron chi connectivity index (χ3n) is 7.70. The molecule has 4 aromatic rings. The van der Waals surface area contributed by atoms with Crippen LogP contribution in [0.2, 0.25) is 5.02 Å². The van der Waals surface area contributed by atoms with Gasteiger partial charge in [-0.3, -0.25) is 14.4 Å². The van der Waals surface area contributed by atoms with Crippen molar-refractivity contribution in [2.24, 2.45) is 5.92 Å². The van der Waals surface area contributed by atoms with Gasteiger partial charge in [0.25, 0.3) is 0 Å². The molecule has 0 spiro atoms. The van der Waals surface area contributed by atoms with Crippen LogP contribution < -0.4 is 9.64 Å². The van der Waals surface area contributed by atoms with Crippen molar-refractivity contribution in [3.8, 4) is 11.5 Å². The van der Waals surface area contributed by atoms with E-state index in [-0.39, 0.29) is 30.1 Å². The normalized spacial score (nSPS) is 15.8.